The predicted molar refractivity (Wildman–Crippen MR) is 55.1 cm³/mol. The molecule has 8 heteroatoms. The molecule has 1 atom stereocenters. The average molecular weight is 227 g/mol. The maximum absolute atomic E-state index is 10.5. The third-order valence-electron chi connectivity index (χ3n) is 1.70. The summed E-state index contributed by atoms with van der Waals surface area (Å²) in [6.07, 6.45) is -0.957. The zero-order valence-electron chi connectivity index (χ0n) is 8.28. The Morgan fingerprint density at radius 3 is 1.94 bits per heavy atom. The van der Waals surface area contributed by atoms with Crippen LogP contribution in [0.5, 0.6) is 0 Å². The summed E-state index contributed by atoms with van der Waals surface area (Å²) < 4.78 is 0. The first-order valence-electron chi connectivity index (χ1n) is 4.28. The van der Waals surface area contributed by atoms with Gasteiger partial charge in [-0.2, -0.15) is 0 Å². The summed E-state index contributed by atoms with van der Waals surface area (Å²) in [5, 5.41) is 32.5. The molecule has 8 nitrogen and oxygen atoms in total. The normalized spacial score (nSPS) is 11.9. The van der Waals surface area contributed by atoms with Crippen molar-refractivity contribution in [2.45, 2.75) is 13.2 Å². The lowest BCUT2D eigenvalue weighted by Crippen LogP contribution is -2.13. The van der Waals surface area contributed by atoms with E-state index in [4.69, 9.17) is 5.11 Å². The Kier molecular flexibility index (Phi) is 3.36. The number of nitro groups is 2. The van der Waals surface area contributed by atoms with Gasteiger partial charge in [-0.25, -0.2) is 0 Å². The van der Waals surface area contributed by atoms with E-state index in [-0.39, 0.29) is 5.69 Å². The molecule has 1 aromatic carbocycles. The highest BCUT2D eigenvalue weighted by Gasteiger charge is 2.16. The molecule has 1 aromatic rings. The summed E-state index contributed by atoms with van der Waals surface area (Å²) in [5.74, 6) is 0. The molecule has 0 bridgehead atoms. The van der Waals surface area contributed by atoms with Crippen molar-refractivity contribution in [3.05, 3.63) is 38.4 Å². The molecular formula is C8H9N3O5. The molecule has 0 aromatic heterocycles. The van der Waals surface area contributed by atoms with Gasteiger partial charge in [-0.05, 0) is 6.92 Å². The van der Waals surface area contributed by atoms with E-state index in [0.717, 1.165) is 18.2 Å². The zero-order valence-corrected chi connectivity index (χ0v) is 8.28. The molecule has 0 fully saturated rings. The first-order valence-corrected chi connectivity index (χ1v) is 4.28. The van der Waals surface area contributed by atoms with Gasteiger partial charge in [0.1, 0.15) is 6.23 Å². The minimum Gasteiger partial charge on any atom is -0.374 e. The molecule has 0 aliphatic heterocycles. The number of non-ortho nitro benzene ring substituents is 2. The van der Waals surface area contributed by atoms with Crippen molar-refractivity contribution in [2.24, 2.45) is 0 Å². The van der Waals surface area contributed by atoms with Crippen LogP contribution in [0.25, 0.3) is 0 Å². The summed E-state index contributed by atoms with van der Waals surface area (Å²) in [5.41, 5.74) is -0.689. The molecule has 0 aliphatic carbocycles. The molecule has 86 valence electrons. The number of hydrogen-bond acceptors (Lipinski definition) is 6. The van der Waals surface area contributed by atoms with Crippen LogP contribution in [0.1, 0.15) is 6.92 Å². The van der Waals surface area contributed by atoms with Gasteiger partial charge in [0.2, 0.25) is 0 Å². The molecular weight excluding hydrogens is 218 g/mol. The van der Waals surface area contributed by atoms with E-state index in [1.54, 1.807) is 0 Å². The van der Waals surface area contributed by atoms with Gasteiger partial charge in [0.25, 0.3) is 11.4 Å². The number of anilines is 1. The SMILES string of the molecule is CC(O)Nc1cc([N+](=O)[O-])cc([N+](=O)[O-])c1. The lowest BCUT2D eigenvalue weighted by atomic mass is 10.2. The summed E-state index contributed by atoms with van der Waals surface area (Å²) in [7, 11) is 0. The van der Waals surface area contributed by atoms with Gasteiger partial charge in [0.05, 0.1) is 15.9 Å². The number of hydrogen-bond donors (Lipinski definition) is 2. The van der Waals surface area contributed by atoms with Crippen LogP contribution < -0.4 is 5.32 Å². The van der Waals surface area contributed by atoms with Crippen molar-refractivity contribution >= 4 is 17.1 Å². The number of aliphatic hydroxyl groups excluding tert-OH is 1. The highest BCUT2D eigenvalue weighted by atomic mass is 16.6. The topological polar surface area (TPSA) is 119 Å². The standard InChI is InChI=1S/C8H9N3O5/c1-5(12)9-6-2-7(10(13)14)4-8(3-6)11(15)16/h2-5,9,12H,1H3. The van der Waals surface area contributed by atoms with Crippen LogP contribution in [-0.2, 0) is 0 Å². The Balaban J connectivity index is 3.18. The monoisotopic (exact) mass is 227 g/mol. The van der Waals surface area contributed by atoms with Gasteiger partial charge in [0, 0.05) is 17.8 Å². The zero-order chi connectivity index (χ0) is 12.3. The highest BCUT2D eigenvalue weighted by molar-refractivity contribution is 5.58. The average Bonchev–Trinajstić information content (AvgIpc) is 2.15. The maximum Gasteiger partial charge on any atom is 0.278 e. The van der Waals surface area contributed by atoms with E-state index in [2.05, 4.69) is 5.32 Å². The fourth-order valence-corrected chi connectivity index (χ4v) is 1.13. The third-order valence-corrected chi connectivity index (χ3v) is 1.70. The Hall–Kier alpha value is -2.22. The Morgan fingerprint density at radius 2 is 1.62 bits per heavy atom. The van der Waals surface area contributed by atoms with E-state index in [1.807, 2.05) is 0 Å². The molecule has 0 radical (unpaired) electrons. The van der Waals surface area contributed by atoms with Crippen LogP contribution in [0.15, 0.2) is 18.2 Å². The fourth-order valence-electron chi connectivity index (χ4n) is 1.13. The summed E-state index contributed by atoms with van der Waals surface area (Å²) in [4.78, 5) is 19.5. The largest absolute Gasteiger partial charge is 0.374 e. The van der Waals surface area contributed by atoms with Crippen LogP contribution in [-0.4, -0.2) is 21.2 Å². The lowest BCUT2D eigenvalue weighted by Gasteiger charge is -2.08. The molecule has 16 heavy (non-hydrogen) atoms. The van der Waals surface area contributed by atoms with E-state index in [9.17, 15) is 20.2 Å². The van der Waals surface area contributed by atoms with Crippen LogP contribution >= 0.6 is 0 Å². The van der Waals surface area contributed by atoms with Crippen molar-refractivity contribution in [1.82, 2.24) is 0 Å². The molecule has 0 spiro atoms. The minimum atomic E-state index is -0.957. The van der Waals surface area contributed by atoms with E-state index in [1.165, 1.54) is 6.92 Å². The van der Waals surface area contributed by atoms with Crippen LogP contribution in [0.2, 0.25) is 0 Å². The second-order valence-corrected chi connectivity index (χ2v) is 3.07. The van der Waals surface area contributed by atoms with Crippen molar-refractivity contribution in [3.63, 3.8) is 0 Å². The van der Waals surface area contributed by atoms with Crippen LogP contribution in [0.3, 0.4) is 0 Å². The molecule has 1 rings (SSSR count). The Bertz CT molecular complexity index is 399. The number of nitrogens with one attached hydrogen (secondary N) is 1. The van der Waals surface area contributed by atoms with Crippen molar-refractivity contribution in [1.29, 1.82) is 0 Å². The molecule has 0 aliphatic rings. The Morgan fingerprint density at radius 1 is 1.19 bits per heavy atom. The second-order valence-electron chi connectivity index (χ2n) is 3.07. The molecule has 0 amide bonds. The predicted octanol–water partition coefficient (Wildman–Crippen LogP) is 1.25. The number of aliphatic hydroxyl groups is 1. The molecule has 1 unspecified atom stereocenters. The van der Waals surface area contributed by atoms with E-state index >= 15 is 0 Å². The third kappa shape index (κ3) is 2.89. The number of rotatable bonds is 4. The van der Waals surface area contributed by atoms with Gasteiger partial charge >= 0.3 is 0 Å². The number of nitro benzene ring substituents is 2. The van der Waals surface area contributed by atoms with Crippen LogP contribution in [0, 0.1) is 20.2 Å². The molecule has 0 saturated heterocycles. The number of nitrogens with zero attached hydrogens (tertiary/aromatic N) is 2. The summed E-state index contributed by atoms with van der Waals surface area (Å²) in [6.45, 7) is 1.39. The Labute approximate surface area is 89.8 Å². The van der Waals surface area contributed by atoms with Crippen molar-refractivity contribution in [3.8, 4) is 0 Å². The first kappa shape index (κ1) is 11.9. The smallest absolute Gasteiger partial charge is 0.278 e. The van der Waals surface area contributed by atoms with E-state index in [0.29, 0.717) is 0 Å². The molecule has 2 N–H and O–H groups in total. The lowest BCUT2D eigenvalue weighted by molar-refractivity contribution is -0.394. The number of benzene rings is 1. The quantitative estimate of drug-likeness (QED) is 0.454. The van der Waals surface area contributed by atoms with E-state index < -0.39 is 27.4 Å². The van der Waals surface area contributed by atoms with Gasteiger partial charge in [-0.15, -0.1) is 0 Å². The summed E-state index contributed by atoms with van der Waals surface area (Å²) >= 11 is 0. The first-order chi connectivity index (χ1) is 7.40. The van der Waals surface area contributed by atoms with Gasteiger partial charge in [-0.1, -0.05) is 0 Å². The van der Waals surface area contributed by atoms with Gasteiger partial charge in [-0.3, -0.25) is 20.2 Å². The summed E-state index contributed by atoms with van der Waals surface area (Å²) in [6, 6.07) is 3.08. The second kappa shape index (κ2) is 4.53. The fraction of sp³-hybridized carbons (Fsp3) is 0.250. The van der Waals surface area contributed by atoms with Gasteiger partial charge < -0.3 is 10.4 Å². The van der Waals surface area contributed by atoms with Gasteiger partial charge in [0.15, 0.2) is 0 Å². The van der Waals surface area contributed by atoms with Crippen molar-refractivity contribution in [2.75, 3.05) is 5.32 Å². The van der Waals surface area contributed by atoms with Crippen LogP contribution in [0.4, 0.5) is 17.1 Å². The highest BCUT2D eigenvalue weighted by Crippen LogP contribution is 2.25. The molecule has 0 heterocycles. The molecule has 0 saturated carbocycles. The maximum atomic E-state index is 10.5. The van der Waals surface area contributed by atoms with Crippen molar-refractivity contribution < 1.29 is 15.0 Å². The minimum absolute atomic E-state index is 0.121.